The number of ether oxygens (including phenoxy) is 1. The van der Waals surface area contributed by atoms with Crippen LogP contribution in [0.1, 0.15) is 22.0 Å². The topological polar surface area (TPSA) is 87.7 Å². The lowest BCUT2D eigenvalue weighted by Gasteiger charge is -2.06. The lowest BCUT2D eigenvalue weighted by molar-refractivity contribution is 0.0458. The number of pyridine rings is 1. The molecule has 0 radical (unpaired) electrons. The summed E-state index contributed by atoms with van der Waals surface area (Å²) in [5.74, 6) is 1.57. The fourth-order valence-corrected chi connectivity index (χ4v) is 2.58. The number of para-hydroxylation sites is 2. The molecule has 0 aliphatic carbocycles. The highest BCUT2D eigenvalue weighted by Crippen LogP contribution is 2.16. The molecule has 0 N–H and O–H groups in total. The maximum Gasteiger partial charge on any atom is 0.340 e. The van der Waals surface area contributed by atoms with Crippen molar-refractivity contribution in [2.45, 2.75) is 13.5 Å². The van der Waals surface area contributed by atoms with E-state index in [0.29, 0.717) is 17.2 Å². The second-order valence-electron chi connectivity index (χ2n) is 5.81. The third-order valence-electron chi connectivity index (χ3n) is 4.20. The number of rotatable bonds is 4. The lowest BCUT2D eigenvalue weighted by Crippen LogP contribution is -2.09. The number of benzene rings is 1. The zero-order valence-corrected chi connectivity index (χ0v) is 14.3. The van der Waals surface area contributed by atoms with Crippen LogP contribution in [0, 0.1) is 6.92 Å². The van der Waals surface area contributed by atoms with E-state index in [1.165, 1.54) is 6.20 Å². The van der Waals surface area contributed by atoms with Gasteiger partial charge in [-0.3, -0.25) is 4.57 Å². The van der Waals surface area contributed by atoms with Gasteiger partial charge in [-0.05, 0) is 31.2 Å². The molecular formula is C18H16N6O2. The van der Waals surface area contributed by atoms with E-state index in [1.807, 2.05) is 42.8 Å². The Morgan fingerprint density at radius 1 is 1.12 bits per heavy atom. The third kappa shape index (κ3) is 2.81. The number of hydrogen-bond donors (Lipinski definition) is 0. The Morgan fingerprint density at radius 2 is 1.96 bits per heavy atom. The fraction of sp³-hybridized carbons (Fsp3) is 0.167. The van der Waals surface area contributed by atoms with E-state index in [0.717, 1.165) is 16.9 Å². The number of imidazole rings is 1. The van der Waals surface area contributed by atoms with Crippen LogP contribution in [0.3, 0.4) is 0 Å². The monoisotopic (exact) mass is 348 g/mol. The van der Waals surface area contributed by atoms with Gasteiger partial charge in [0.2, 0.25) is 0 Å². The number of fused-ring (bicyclic) bond motifs is 1. The summed E-state index contributed by atoms with van der Waals surface area (Å²) < 4.78 is 8.93. The van der Waals surface area contributed by atoms with Crippen molar-refractivity contribution in [1.82, 2.24) is 29.3 Å². The highest BCUT2D eigenvalue weighted by molar-refractivity contribution is 5.89. The Balaban J connectivity index is 1.50. The van der Waals surface area contributed by atoms with E-state index in [2.05, 4.69) is 20.2 Å². The molecule has 3 aromatic heterocycles. The van der Waals surface area contributed by atoms with Gasteiger partial charge in [-0.25, -0.2) is 14.8 Å². The first-order chi connectivity index (χ1) is 12.6. The highest BCUT2D eigenvalue weighted by Gasteiger charge is 2.12. The average Bonchev–Trinajstić information content (AvgIpc) is 3.24. The quantitative estimate of drug-likeness (QED) is 0.526. The molecule has 0 unspecified atom stereocenters. The molecule has 8 heteroatoms. The minimum Gasteiger partial charge on any atom is -0.454 e. The molecule has 4 aromatic rings. The molecule has 0 atom stereocenters. The van der Waals surface area contributed by atoms with E-state index in [4.69, 9.17) is 4.74 Å². The van der Waals surface area contributed by atoms with E-state index >= 15 is 0 Å². The van der Waals surface area contributed by atoms with Crippen LogP contribution in [0.5, 0.6) is 0 Å². The van der Waals surface area contributed by atoms with Gasteiger partial charge in [0, 0.05) is 13.2 Å². The summed E-state index contributed by atoms with van der Waals surface area (Å²) in [5, 5.41) is 7.90. The Hall–Kier alpha value is -3.55. The summed E-state index contributed by atoms with van der Waals surface area (Å²) in [4.78, 5) is 20.9. The van der Waals surface area contributed by atoms with Gasteiger partial charge < -0.3 is 9.30 Å². The molecule has 1 aromatic carbocycles. The van der Waals surface area contributed by atoms with Crippen molar-refractivity contribution in [3.8, 4) is 5.82 Å². The summed E-state index contributed by atoms with van der Waals surface area (Å²) in [6.45, 7) is 1.89. The van der Waals surface area contributed by atoms with Crippen molar-refractivity contribution in [3.63, 3.8) is 0 Å². The number of aromatic nitrogens is 6. The highest BCUT2D eigenvalue weighted by atomic mass is 16.5. The average molecular weight is 348 g/mol. The summed E-state index contributed by atoms with van der Waals surface area (Å²) in [7, 11) is 1.82. The largest absolute Gasteiger partial charge is 0.454 e. The van der Waals surface area contributed by atoms with Crippen LogP contribution in [0.15, 0.2) is 48.9 Å². The molecule has 0 fully saturated rings. The van der Waals surface area contributed by atoms with Crippen molar-refractivity contribution < 1.29 is 9.53 Å². The van der Waals surface area contributed by atoms with Crippen molar-refractivity contribution in [2.24, 2.45) is 7.05 Å². The van der Waals surface area contributed by atoms with E-state index in [9.17, 15) is 4.79 Å². The van der Waals surface area contributed by atoms with Gasteiger partial charge in [-0.15, -0.1) is 10.2 Å². The van der Waals surface area contributed by atoms with Crippen molar-refractivity contribution in [1.29, 1.82) is 0 Å². The number of carbonyl (C=O) groups is 1. The molecule has 130 valence electrons. The summed E-state index contributed by atoms with van der Waals surface area (Å²) in [6, 6.07) is 11.2. The van der Waals surface area contributed by atoms with Gasteiger partial charge in [0.15, 0.2) is 12.4 Å². The smallest absolute Gasteiger partial charge is 0.340 e. The molecular weight excluding hydrogens is 332 g/mol. The number of esters is 1. The van der Waals surface area contributed by atoms with E-state index in [-0.39, 0.29) is 6.61 Å². The third-order valence-corrected chi connectivity index (χ3v) is 4.20. The van der Waals surface area contributed by atoms with Gasteiger partial charge in [-0.1, -0.05) is 12.1 Å². The van der Waals surface area contributed by atoms with Gasteiger partial charge >= 0.3 is 5.97 Å². The van der Waals surface area contributed by atoms with Crippen LogP contribution in [0.4, 0.5) is 0 Å². The number of carbonyl (C=O) groups excluding carboxylic acids is 1. The van der Waals surface area contributed by atoms with E-state index in [1.54, 1.807) is 23.0 Å². The summed E-state index contributed by atoms with van der Waals surface area (Å²) in [5.41, 5.74) is 2.21. The Labute approximate surface area is 149 Å². The van der Waals surface area contributed by atoms with Gasteiger partial charge in [0.1, 0.15) is 18.0 Å². The molecule has 0 spiro atoms. The lowest BCUT2D eigenvalue weighted by atomic mass is 10.3. The van der Waals surface area contributed by atoms with Crippen LogP contribution in [-0.4, -0.2) is 35.3 Å². The fourth-order valence-electron chi connectivity index (χ4n) is 2.58. The Kier molecular flexibility index (Phi) is 3.92. The molecule has 4 rings (SSSR count). The number of aryl methyl sites for hydroxylation is 1. The standard InChI is InChI=1S/C18H16N6O2/c1-12-21-22-17(23(12)2)10-26-18(25)13-7-8-16(19-9-13)24-11-20-14-5-3-4-6-15(14)24/h3-9,11H,10H2,1-2H3. The predicted molar refractivity (Wildman–Crippen MR) is 93.7 cm³/mol. The van der Waals surface area contributed by atoms with Crippen LogP contribution < -0.4 is 0 Å². The van der Waals surface area contributed by atoms with Crippen LogP contribution in [0.2, 0.25) is 0 Å². The predicted octanol–water partition coefficient (Wildman–Crippen LogP) is 2.21. The first-order valence-corrected chi connectivity index (χ1v) is 8.04. The summed E-state index contributed by atoms with van der Waals surface area (Å²) >= 11 is 0. The summed E-state index contributed by atoms with van der Waals surface area (Å²) in [6.07, 6.45) is 3.20. The molecule has 0 bridgehead atoms. The Bertz CT molecular complexity index is 1080. The maximum absolute atomic E-state index is 12.2. The first-order valence-electron chi connectivity index (χ1n) is 8.04. The maximum atomic E-state index is 12.2. The van der Waals surface area contributed by atoms with Crippen molar-refractivity contribution in [2.75, 3.05) is 0 Å². The van der Waals surface area contributed by atoms with Crippen molar-refractivity contribution in [3.05, 3.63) is 66.1 Å². The second kappa shape index (κ2) is 6.40. The van der Waals surface area contributed by atoms with E-state index < -0.39 is 5.97 Å². The van der Waals surface area contributed by atoms with Gasteiger partial charge in [0.25, 0.3) is 0 Å². The Morgan fingerprint density at radius 3 is 2.69 bits per heavy atom. The minimum atomic E-state index is -0.458. The zero-order chi connectivity index (χ0) is 18.1. The molecule has 0 aliphatic rings. The van der Waals surface area contributed by atoms with Crippen LogP contribution in [0.25, 0.3) is 16.9 Å². The number of nitrogens with zero attached hydrogens (tertiary/aromatic N) is 6. The minimum absolute atomic E-state index is 0.0596. The molecule has 8 nitrogen and oxygen atoms in total. The molecule has 0 saturated carbocycles. The second-order valence-corrected chi connectivity index (χ2v) is 5.81. The normalized spacial score (nSPS) is 11.0. The van der Waals surface area contributed by atoms with Crippen LogP contribution >= 0.6 is 0 Å². The number of hydrogen-bond acceptors (Lipinski definition) is 6. The van der Waals surface area contributed by atoms with Gasteiger partial charge in [-0.2, -0.15) is 0 Å². The molecule has 26 heavy (non-hydrogen) atoms. The molecule has 0 amide bonds. The molecule has 3 heterocycles. The molecule has 0 aliphatic heterocycles. The first kappa shape index (κ1) is 15.9. The van der Waals surface area contributed by atoms with Crippen molar-refractivity contribution >= 4 is 17.0 Å². The van der Waals surface area contributed by atoms with Gasteiger partial charge in [0.05, 0.1) is 16.6 Å². The zero-order valence-electron chi connectivity index (χ0n) is 14.3. The van der Waals surface area contributed by atoms with Crippen LogP contribution in [-0.2, 0) is 18.4 Å². The molecule has 0 saturated heterocycles. The SMILES string of the molecule is Cc1nnc(COC(=O)c2ccc(-n3cnc4ccccc43)nc2)n1C.